The second kappa shape index (κ2) is 6.34. The molecule has 7 heteroatoms. The molecule has 0 radical (unpaired) electrons. The van der Waals surface area contributed by atoms with Gasteiger partial charge in [-0.25, -0.2) is 0 Å². The van der Waals surface area contributed by atoms with Crippen LogP contribution in [0.5, 0.6) is 0 Å². The highest BCUT2D eigenvalue weighted by Crippen LogP contribution is 2.28. The van der Waals surface area contributed by atoms with Crippen molar-refractivity contribution in [3.8, 4) is 0 Å². The quantitative estimate of drug-likeness (QED) is 0.811. The van der Waals surface area contributed by atoms with Crippen LogP contribution >= 0.6 is 0 Å². The average molecular weight is 306 g/mol. The normalized spacial score (nSPS) is 26.5. The molecule has 1 aliphatic heterocycles. The molecule has 1 saturated heterocycles. The molecule has 1 aliphatic carbocycles. The first-order chi connectivity index (χ1) is 9.78. The van der Waals surface area contributed by atoms with Crippen LogP contribution in [0.25, 0.3) is 0 Å². The summed E-state index contributed by atoms with van der Waals surface area (Å²) in [6, 6.07) is -1.75. The number of hydrogen-bond acceptors (Lipinski definition) is 3. The van der Waals surface area contributed by atoms with Gasteiger partial charge in [-0.3, -0.25) is 14.5 Å². The lowest BCUT2D eigenvalue weighted by atomic mass is 9.94. The Balaban J connectivity index is 1.94. The molecule has 1 saturated carbocycles. The lowest BCUT2D eigenvalue weighted by Gasteiger charge is -2.30. The Hall–Kier alpha value is -1.11. The van der Waals surface area contributed by atoms with E-state index in [4.69, 9.17) is 0 Å². The van der Waals surface area contributed by atoms with Crippen molar-refractivity contribution in [3.05, 3.63) is 0 Å². The Morgan fingerprint density at radius 3 is 2.43 bits per heavy atom. The number of halogens is 3. The van der Waals surface area contributed by atoms with E-state index in [1.165, 1.54) is 11.8 Å². The van der Waals surface area contributed by atoms with Gasteiger partial charge in [0, 0.05) is 12.1 Å². The van der Waals surface area contributed by atoms with Crippen molar-refractivity contribution in [1.82, 2.24) is 10.2 Å². The summed E-state index contributed by atoms with van der Waals surface area (Å²) >= 11 is 0. The molecule has 2 amide bonds. The third-order valence-corrected chi connectivity index (χ3v) is 4.15. The maximum absolute atomic E-state index is 12.3. The fourth-order valence-electron chi connectivity index (χ4n) is 3.25. The molecule has 1 N–H and O–H groups in total. The van der Waals surface area contributed by atoms with E-state index in [2.05, 4.69) is 5.32 Å². The van der Waals surface area contributed by atoms with Gasteiger partial charge in [0.25, 0.3) is 0 Å². The molecule has 0 aromatic carbocycles. The number of likely N-dealkylation sites (tertiary alicyclic amines) is 1. The molecular formula is C14H21F3N2O2. The Bertz CT molecular complexity index is 406. The maximum atomic E-state index is 12.3. The zero-order valence-electron chi connectivity index (χ0n) is 12.1. The summed E-state index contributed by atoms with van der Waals surface area (Å²) in [4.78, 5) is 25.6. The Labute approximate surface area is 122 Å². The molecule has 0 aromatic heterocycles. The zero-order valence-corrected chi connectivity index (χ0v) is 12.1. The van der Waals surface area contributed by atoms with E-state index in [1.807, 2.05) is 0 Å². The van der Waals surface area contributed by atoms with Gasteiger partial charge in [0.15, 0.2) is 0 Å². The van der Waals surface area contributed by atoms with Gasteiger partial charge in [-0.1, -0.05) is 19.3 Å². The minimum atomic E-state index is -4.28. The van der Waals surface area contributed by atoms with Gasteiger partial charge < -0.3 is 5.32 Å². The smallest absolute Gasteiger partial charge is 0.303 e. The molecule has 0 bridgehead atoms. The Kier molecular flexibility index (Phi) is 4.91. The van der Waals surface area contributed by atoms with Crippen LogP contribution in [0.2, 0.25) is 0 Å². The average Bonchev–Trinajstić information content (AvgIpc) is 2.63. The molecule has 2 aliphatic rings. The van der Waals surface area contributed by atoms with Gasteiger partial charge in [-0.2, -0.15) is 13.2 Å². The molecule has 21 heavy (non-hydrogen) atoms. The monoisotopic (exact) mass is 306 g/mol. The predicted octanol–water partition coefficient (Wildman–Crippen LogP) is 2.38. The van der Waals surface area contributed by atoms with Crippen molar-refractivity contribution < 1.29 is 22.8 Å². The van der Waals surface area contributed by atoms with Crippen LogP contribution < -0.4 is 5.32 Å². The van der Waals surface area contributed by atoms with E-state index in [0.29, 0.717) is 0 Å². The number of nitrogens with zero attached hydrogens (tertiary/aromatic N) is 1. The number of nitrogens with one attached hydrogen (secondary N) is 1. The summed E-state index contributed by atoms with van der Waals surface area (Å²) in [7, 11) is 0. The van der Waals surface area contributed by atoms with E-state index in [-0.39, 0.29) is 24.3 Å². The number of imide groups is 1. The topological polar surface area (TPSA) is 49.4 Å². The number of amides is 2. The van der Waals surface area contributed by atoms with Crippen LogP contribution in [-0.4, -0.2) is 41.0 Å². The first kappa shape index (κ1) is 16.3. The van der Waals surface area contributed by atoms with Crippen molar-refractivity contribution in [1.29, 1.82) is 0 Å². The number of carbonyl (C=O) groups excluding carboxylic acids is 2. The molecule has 1 heterocycles. The van der Waals surface area contributed by atoms with Gasteiger partial charge in [0.2, 0.25) is 11.8 Å². The van der Waals surface area contributed by atoms with Crippen molar-refractivity contribution >= 4 is 11.8 Å². The van der Waals surface area contributed by atoms with Crippen molar-refractivity contribution in [3.63, 3.8) is 0 Å². The van der Waals surface area contributed by atoms with E-state index in [9.17, 15) is 22.8 Å². The summed E-state index contributed by atoms with van der Waals surface area (Å²) in [5.74, 6) is -0.621. The number of carbonyl (C=O) groups is 2. The van der Waals surface area contributed by atoms with Gasteiger partial charge in [-0.05, 0) is 19.8 Å². The van der Waals surface area contributed by atoms with Crippen molar-refractivity contribution in [2.24, 2.45) is 0 Å². The molecular weight excluding hydrogens is 285 g/mol. The summed E-state index contributed by atoms with van der Waals surface area (Å²) in [5, 5.41) is 2.65. The van der Waals surface area contributed by atoms with Gasteiger partial charge in [0.1, 0.15) is 0 Å². The zero-order chi connectivity index (χ0) is 15.6. The standard InChI is InChI=1S/C14H21F3N2O2/c1-9(8-14(15,16)17)18-11-7-12(20)19(13(11)21)10-5-3-2-4-6-10/h9-11,18H,2-8H2,1H3. The van der Waals surface area contributed by atoms with E-state index in [1.54, 1.807) is 0 Å². The van der Waals surface area contributed by atoms with Gasteiger partial charge in [0.05, 0.1) is 18.9 Å². The summed E-state index contributed by atoms with van der Waals surface area (Å²) in [5.41, 5.74) is 0. The van der Waals surface area contributed by atoms with Crippen LogP contribution in [-0.2, 0) is 9.59 Å². The second-order valence-corrected chi connectivity index (χ2v) is 6.04. The van der Waals surface area contributed by atoms with Gasteiger partial charge >= 0.3 is 6.18 Å². The van der Waals surface area contributed by atoms with Crippen LogP contribution in [0, 0.1) is 0 Å². The first-order valence-corrected chi connectivity index (χ1v) is 7.46. The number of rotatable bonds is 4. The lowest BCUT2D eigenvalue weighted by Crippen LogP contribution is -2.47. The SMILES string of the molecule is CC(CC(F)(F)F)NC1CC(=O)N(C2CCCCC2)C1=O. The largest absolute Gasteiger partial charge is 0.390 e. The van der Waals surface area contributed by atoms with Crippen molar-refractivity contribution in [2.75, 3.05) is 0 Å². The Morgan fingerprint density at radius 1 is 1.24 bits per heavy atom. The third-order valence-electron chi connectivity index (χ3n) is 4.15. The fraction of sp³-hybridized carbons (Fsp3) is 0.857. The number of hydrogen-bond donors (Lipinski definition) is 1. The van der Waals surface area contributed by atoms with E-state index in [0.717, 1.165) is 32.1 Å². The van der Waals surface area contributed by atoms with Crippen LogP contribution in [0.15, 0.2) is 0 Å². The minimum absolute atomic E-state index is 0.0302. The Morgan fingerprint density at radius 2 is 1.86 bits per heavy atom. The van der Waals surface area contributed by atoms with Crippen LogP contribution in [0.4, 0.5) is 13.2 Å². The molecule has 2 unspecified atom stereocenters. The molecule has 2 fully saturated rings. The summed E-state index contributed by atoms with van der Waals surface area (Å²) in [6.07, 6.45) is -0.608. The van der Waals surface area contributed by atoms with Crippen LogP contribution in [0.3, 0.4) is 0 Å². The second-order valence-electron chi connectivity index (χ2n) is 6.04. The molecule has 0 aromatic rings. The molecule has 0 spiro atoms. The van der Waals surface area contributed by atoms with E-state index < -0.39 is 24.7 Å². The molecule has 120 valence electrons. The summed E-state index contributed by atoms with van der Waals surface area (Å²) in [6.45, 7) is 1.38. The lowest BCUT2D eigenvalue weighted by molar-refractivity contribution is -0.145. The highest BCUT2D eigenvalue weighted by atomic mass is 19.4. The predicted molar refractivity (Wildman–Crippen MR) is 70.4 cm³/mol. The molecule has 4 nitrogen and oxygen atoms in total. The fourth-order valence-corrected chi connectivity index (χ4v) is 3.25. The van der Waals surface area contributed by atoms with E-state index >= 15 is 0 Å². The minimum Gasteiger partial charge on any atom is -0.303 e. The number of alkyl halides is 3. The molecule has 2 atom stereocenters. The van der Waals surface area contributed by atoms with Crippen LogP contribution in [0.1, 0.15) is 51.9 Å². The third kappa shape index (κ3) is 4.18. The maximum Gasteiger partial charge on any atom is 0.390 e. The summed E-state index contributed by atoms with van der Waals surface area (Å²) < 4.78 is 37.0. The highest BCUT2D eigenvalue weighted by Gasteiger charge is 2.43. The molecule has 2 rings (SSSR count). The first-order valence-electron chi connectivity index (χ1n) is 7.46. The van der Waals surface area contributed by atoms with Crippen molar-refractivity contribution in [2.45, 2.75) is 76.2 Å². The highest BCUT2D eigenvalue weighted by molar-refractivity contribution is 6.05. The van der Waals surface area contributed by atoms with Gasteiger partial charge in [-0.15, -0.1) is 0 Å².